The third kappa shape index (κ3) is 4.23. The van der Waals surface area contributed by atoms with Crippen LogP contribution in [0.25, 0.3) is 0 Å². The minimum absolute atomic E-state index is 0.0200. The number of benzene rings is 1. The van der Waals surface area contributed by atoms with Crippen molar-refractivity contribution in [1.82, 2.24) is 19.7 Å². The van der Waals surface area contributed by atoms with E-state index in [1.807, 2.05) is 59.8 Å². The van der Waals surface area contributed by atoms with Crippen LogP contribution < -0.4 is 4.90 Å². The van der Waals surface area contributed by atoms with E-state index in [4.69, 9.17) is 9.47 Å². The molecule has 2 amide bonds. The van der Waals surface area contributed by atoms with Gasteiger partial charge in [-0.2, -0.15) is 0 Å². The molecule has 186 valence electrons. The summed E-state index contributed by atoms with van der Waals surface area (Å²) in [5.74, 6) is -0.0646. The number of aromatic nitrogens is 1. The Labute approximate surface area is 206 Å². The molecular formula is C26H33N5O4. The normalized spacial score (nSPS) is 24.1. The van der Waals surface area contributed by atoms with Crippen molar-refractivity contribution in [3.8, 4) is 0 Å². The van der Waals surface area contributed by atoms with E-state index in [1.165, 1.54) is 10.6 Å². The first-order chi connectivity index (χ1) is 17.0. The van der Waals surface area contributed by atoms with Gasteiger partial charge in [-0.1, -0.05) is 30.3 Å². The van der Waals surface area contributed by atoms with Crippen LogP contribution in [-0.2, 0) is 20.9 Å². The number of nitrogens with zero attached hydrogens (tertiary/aromatic N) is 5. The molecule has 0 bridgehead atoms. The number of carbonyl (C=O) groups excluding carboxylic acids is 2. The second kappa shape index (κ2) is 9.47. The van der Waals surface area contributed by atoms with Crippen LogP contribution in [0.1, 0.15) is 18.4 Å². The first kappa shape index (κ1) is 23.6. The van der Waals surface area contributed by atoms with Crippen LogP contribution in [0.4, 0.5) is 10.5 Å². The number of rotatable bonds is 5. The Morgan fingerprint density at radius 3 is 2.46 bits per heavy atom. The van der Waals surface area contributed by atoms with Crippen molar-refractivity contribution in [2.45, 2.75) is 30.7 Å². The van der Waals surface area contributed by atoms with Crippen molar-refractivity contribution in [3.05, 3.63) is 60.4 Å². The molecule has 5 rings (SSSR count). The molecule has 0 aliphatic carbocycles. The summed E-state index contributed by atoms with van der Waals surface area (Å²) in [6.45, 7) is 3.30. The summed E-state index contributed by atoms with van der Waals surface area (Å²) < 4.78 is 11.2. The monoisotopic (exact) mass is 479 g/mol. The van der Waals surface area contributed by atoms with Gasteiger partial charge in [0.15, 0.2) is 0 Å². The fourth-order valence-electron chi connectivity index (χ4n) is 5.91. The van der Waals surface area contributed by atoms with Crippen LogP contribution in [0.15, 0.2) is 54.9 Å². The van der Waals surface area contributed by atoms with Gasteiger partial charge < -0.3 is 19.3 Å². The molecule has 35 heavy (non-hydrogen) atoms. The van der Waals surface area contributed by atoms with Crippen LogP contribution in [0.2, 0.25) is 0 Å². The number of piperidine rings is 1. The fourth-order valence-corrected chi connectivity index (χ4v) is 5.91. The highest BCUT2D eigenvalue weighted by Crippen LogP contribution is 2.45. The maximum atomic E-state index is 13.4. The highest BCUT2D eigenvalue weighted by Gasteiger charge is 2.62. The standard InChI is InChI=1S/C26H33N5O4/c1-28-25(10-14-29(15-11-25)22-8-12-27-13-9-22)18-31-23(32)16-30(19-26(28,31)20-34-2)24(33)35-17-21-6-4-3-5-7-21/h3-9,12-13H,10-11,14-20H2,1-2H3. The Balaban J connectivity index is 1.32. The first-order valence-corrected chi connectivity index (χ1v) is 12.1. The lowest BCUT2D eigenvalue weighted by molar-refractivity contribution is -0.155. The molecule has 4 heterocycles. The number of carbonyl (C=O) groups is 2. The molecule has 0 radical (unpaired) electrons. The molecule has 3 saturated heterocycles. The number of hydrogen-bond donors (Lipinski definition) is 0. The zero-order valence-corrected chi connectivity index (χ0v) is 20.4. The van der Waals surface area contributed by atoms with E-state index in [9.17, 15) is 9.59 Å². The lowest BCUT2D eigenvalue weighted by Gasteiger charge is -2.51. The van der Waals surface area contributed by atoms with E-state index >= 15 is 0 Å². The molecule has 1 spiro atoms. The fraction of sp³-hybridized carbons (Fsp3) is 0.500. The molecule has 9 heteroatoms. The summed E-state index contributed by atoms with van der Waals surface area (Å²) in [6, 6.07) is 13.6. The van der Waals surface area contributed by atoms with E-state index in [0.717, 1.165) is 31.5 Å². The van der Waals surface area contributed by atoms with Crippen molar-refractivity contribution in [3.63, 3.8) is 0 Å². The minimum atomic E-state index is -0.714. The Hall–Kier alpha value is -3.17. The van der Waals surface area contributed by atoms with Gasteiger partial charge in [0.25, 0.3) is 0 Å². The van der Waals surface area contributed by atoms with E-state index in [2.05, 4.69) is 21.8 Å². The smallest absolute Gasteiger partial charge is 0.410 e. The van der Waals surface area contributed by atoms with Gasteiger partial charge in [0.2, 0.25) is 5.91 Å². The molecule has 0 N–H and O–H groups in total. The highest BCUT2D eigenvalue weighted by molar-refractivity contribution is 5.85. The summed E-state index contributed by atoms with van der Waals surface area (Å²) >= 11 is 0. The zero-order chi connectivity index (χ0) is 24.5. The molecule has 1 aromatic heterocycles. The van der Waals surface area contributed by atoms with Gasteiger partial charge in [0, 0.05) is 50.4 Å². The summed E-state index contributed by atoms with van der Waals surface area (Å²) in [6.07, 6.45) is 5.00. The molecule has 9 nitrogen and oxygen atoms in total. The van der Waals surface area contributed by atoms with Crippen LogP contribution in [0.3, 0.4) is 0 Å². The second-order valence-corrected chi connectivity index (χ2v) is 9.77. The number of pyridine rings is 1. The number of fused-ring (bicyclic) bond motifs is 1. The molecule has 3 aliphatic rings. The van der Waals surface area contributed by atoms with Crippen molar-refractivity contribution in [2.75, 3.05) is 58.4 Å². The van der Waals surface area contributed by atoms with Gasteiger partial charge in [-0.25, -0.2) is 4.79 Å². The summed E-state index contributed by atoms with van der Waals surface area (Å²) in [5, 5.41) is 0. The lowest BCUT2D eigenvalue weighted by atomic mass is 9.86. The number of ether oxygens (including phenoxy) is 2. The van der Waals surface area contributed by atoms with Crippen LogP contribution >= 0.6 is 0 Å². The maximum Gasteiger partial charge on any atom is 0.410 e. The number of methoxy groups -OCH3 is 1. The van der Waals surface area contributed by atoms with E-state index in [1.54, 1.807) is 7.11 Å². The van der Waals surface area contributed by atoms with Gasteiger partial charge >= 0.3 is 6.09 Å². The number of hydrogen-bond acceptors (Lipinski definition) is 7. The quantitative estimate of drug-likeness (QED) is 0.651. The van der Waals surface area contributed by atoms with Gasteiger partial charge in [0.05, 0.1) is 13.2 Å². The molecule has 1 aromatic carbocycles. The highest BCUT2D eigenvalue weighted by atomic mass is 16.6. The Morgan fingerprint density at radius 1 is 1.06 bits per heavy atom. The topological polar surface area (TPSA) is 78.5 Å². The average Bonchev–Trinajstić information content (AvgIpc) is 3.13. The van der Waals surface area contributed by atoms with Crippen molar-refractivity contribution in [1.29, 1.82) is 0 Å². The van der Waals surface area contributed by atoms with E-state index < -0.39 is 11.8 Å². The molecule has 3 fully saturated rings. The SMILES string of the molecule is COCC12CN(C(=O)OCc3ccccc3)CC(=O)N1CC1(CCN(c3ccncc3)CC1)N2C. The van der Waals surface area contributed by atoms with Crippen LogP contribution in [0, 0.1) is 0 Å². The third-order valence-electron chi connectivity index (χ3n) is 7.92. The number of piperazine rings is 1. The summed E-state index contributed by atoms with van der Waals surface area (Å²) in [4.78, 5) is 38.6. The molecule has 3 aliphatic heterocycles. The minimum Gasteiger partial charge on any atom is -0.445 e. The van der Waals surface area contributed by atoms with Crippen molar-refractivity contribution < 1.29 is 19.1 Å². The Bertz CT molecular complexity index is 1040. The third-order valence-corrected chi connectivity index (χ3v) is 7.92. The molecule has 1 atom stereocenters. The number of anilines is 1. The van der Waals surface area contributed by atoms with Gasteiger partial charge in [-0.3, -0.25) is 19.6 Å². The predicted octanol–water partition coefficient (Wildman–Crippen LogP) is 2.19. The van der Waals surface area contributed by atoms with E-state index in [0.29, 0.717) is 19.7 Å². The van der Waals surface area contributed by atoms with Crippen LogP contribution in [-0.4, -0.2) is 96.4 Å². The molecule has 1 unspecified atom stereocenters. The van der Waals surface area contributed by atoms with Crippen molar-refractivity contribution in [2.24, 2.45) is 0 Å². The van der Waals surface area contributed by atoms with E-state index in [-0.39, 0.29) is 24.6 Å². The second-order valence-electron chi connectivity index (χ2n) is 9.77. The molecule has 0 saturated carbocycles. The molecular weight excluding hydrogens is 446 g/mol. The largest absolute Gasteiger partial charge is 0.445 e. The summed E-state index contributed by atoms with van der Waals surface area (Å²) in [7, 11) is 3.72. The van der Waals surface area contributed by atoms with Gasteiger partial charge in [0.1, 0.15) is 18.8 Å². The Kier molecular flexibility index (Phi) is 6.37. The number of likely N-dealkylation sites (N-methyl/N-ethyl adjacent to an activating group) is 1. The first-order valence-electron chi connectivity index (χ1n) is 12.1. The Morgan fingerprint density at radius 2 is 1.77 bits per heavy atom. The predicted molar refractivity (Wildman–Crippen MR) is 131 cm³/mol. The molecule has 2 aromatic rings. The lowest BCUT2D eigenvalue weighted by Crippen LogP contribution is -2.70. The van der Waals surface area contributed by atoms with Crippen LogP contribution in [0.5, 0.6) is 0 Å². The maximum absolute atomic E-state index is 13.4. The number of amides is 2. The van der Waals surface area contributed by atoms with Gasteiger partial charge in [-0.05, 0) is 37.6 Å². The average molecular weight is 480 g/mol. The van der Waals surface area contributed by atoms with Crippen molar-refractivity contribution >= 4 is 17.7 Å². The van der Waals surface area contributed by atoms with Gasteiger partial charge in [-0.15, -0.1) is 0 Å². The summed E-state index contributed by atoms with van der Waals surface area (Å²) in [5.41, 5.74) is 1.20. The zero-order valence-electron chi connectivity index (χ0n) is 20.4.